The molecule has 0 spiro atoms. The van der Waals surface area contributed by atoms with Crippen LogP contribution in [0.5, 0.6) is 0 Å². The van der Waals surface area contributed by atoms with E-state index >= 15 is 0 Å². The number of piperidine rings is 1. The predicted octanol–water partition coefficient (Wildman–Crippen LogP) is 5.32. The van der Waals surface area contributed by atoms with Gasteiger partial charge in [0.05, 0.1) is 0 Å². The number of aromatic nitrogens is 2. The average molecular weight is 380 g/mol. The molecule has 0 aliphatic carbocycles. The molecule has 3 aromatic rings. The third kappa shape index (κ3) is 3.07. The summed E-state index contributed by atoms with van der Waals surface area (Å²) >= 11 is 6.04. The van der Waals surface area contributed by atoms with Gasteiger partial charge in [-0.25, -0.2) is 4.98 Å². The number of halogens is 1. The third-order valence-electron chi connectivity index (χ3n) is 6.31. The van der Waals surface area contributed by atoms with Crippen molar-refractivity contribution in [2.45, 2.75) is 51.6 Å². The Morgan fingerprint density at radius 1 is 1.15 bits per heavy atom. The van der Waals surface area contributed by atoms with E-state index in [0.717, 1.165) is 24.4 Å². The monoisotopic (exact) mass is 379 g/mol. The van der Waals surface area contributed by atoms with E-state index in [1.165, 1.54) is 60.2 Å². The van der Waals surface area contributed by atoms with Gasteiger partial charge in [0, 0.05) is 47.9 Å². The maximum absolute atomic E-state index is 6.04. The van der Waals surface area contributed by atoms with Crippen LogP contribution in [0.25, 0.3) is 11.0 Å². The molecule has 0 radical (unpaired) electrons. The van der Waals surface area contributed by atoms with Gasteiger partial charge in [-0.1, -0.05) is 30.2 Å². The summed E-state index contributed by atoms with van der Waals surface area (Å²) in [6, 6.07) is 11.2. The first kappa shape index (κ1) is 17.3. The summed E-state index contributed by atoms with van der Waals surface area (Å²) in [7, 11) is 0. The highest BCUT2D eigenvalue weighted by molar-refractivity contribution is 6.30. The van der Waals surface area contributed by atoms with Crippen LogP contribution < -0.4 is 0 Å². The van der Waals surface area contributed by atoms with Crippen molar-refractivity contribution in [3.05, 3.63) is 63.9 Å². The van der Waals surface area contributed by atoms with Gasteiger partial charge < -0.3 is 4.57 Å². The lowest BCUT2D eigenvalue weighted by Gasteiger charge is -2.39. The van der Waals surface area contributed by atoms with E-state index in [9.17, 15) is 0 Å². The normalized spacial score (nSPS) is 19.9. The number of hydrogen-bond acceptors (Lipinski definition) is 2. The highest BCUT2D eigenvalue weighted by atomic mass is 35.5. The van der Waals surface area contributed by atoms with Gasteiger partial charge in [0.2, 0.25) is 0 Å². The van der Waals surface area contributed by atoms with Gasteiger partial charge in [0.1, 0.15) is 5.65 Å². The Morgan fingerprint density at radius 3 is 2.85 bits per heavy atom. The molecular weight excluding hydrogens is 354 g/mol. The standard InChI is InChI=1S/C23H26ClN3/c1-16-14-19-22-20-4-2-3-11-26(20)12-10-21(22)27(23(19)25-15-16)13-9-17-5-7-18(24)8-6-17/h5-8,14-15,20H,2-4,9-13H2,1H3. The Bertz CT molecular complexity index is 973. The molecule has 2 aromatic heterocycles. The van der Waals surface area contributed by atoms with E-state index in [2.05, 4.69) is 34.6 Å². The Hall–Kier alpha value is -1.84. The lowest BCUT2D eigenvalue weighted by atomic mass is 9.89. The minimum atomic E-state index is 0.588. The largest absolute Gasteiger partial charge is 0.329 e. The molecule has 2 aliphatic heterocycles. The fourth-order valence-electron chi connectivity index (χ4n) is 5.01. The predicted molar refractivity (Wildman–Crippen MR) is 111 cm³/mol. The van der Waals surface area contributed by atoms with Crippen molar-refractivity contribution in [3.63, 3.8) is 0 Å². The van der Waals surface area contributed by atoms with E-state index in [1.807, 2.05) is 18.3 Å². The molecule has 140 valence electrons. The van der Waals surface area contributed by atoms with Crippen LogP contribution >= 0.6 is 11.6 Å². The van der Waals surface area contributed by atoms with Gasteiger partial charge in [-0.2, -0.15) is 0 Å². The van der Waals surface area contributed by atoms with Crippen LogP contribution in [-0.4, -0.2) is 27.5 Å². The van der Waals surface area contributed by atoms with Crippen molar-refractivity contribution in [2.24, 2.45) is 0 Å². The van der Waals surface area contributed by atoms with Crippen molar-refractivity contribution in [3.8, 4) is 0 Å². The molecule has 1 unspecified atom stereocenters. The molecule has 4 heterocycles. The summed E-state index contributed by atoms with van der Waals surface area (Å²) in [4.78, 5) is 7.58. The number of hydrogen-bond donors (Lipinski definition) is 0. The molecule has 3 nitrogen and oxygen atoms in total. The second kappa shape index (κ2) is 6.96. The maximum atomic E-state index is 6.04. The molecular formula is C23H26ClN3. The molecule has 27 heavy (non-hydrogen) atoms. The van der Waals surface area contributed by atoms with E-state index in [1.54, 1.807) is 5.56 Å². The van der Waals surface area contributed by atoms with Gasteiger partial charge >= 0.3 is 0 Å². The van der Waals surface area contributed by atoms with Crippen LogP contribution in [0.1, 0.15) is 47.7 Å². The minimum Gasteiger partial charge on any atom is -0.329 e. The summed E-state index contributed by atoms with van der Waals surface area (Å²) in [6.07, 6.45) is 8.15. The summed E-state index contributed by atoms with van der Waals surface area (Å²) in [5, 5.41) is 2.19. The second-order valence-corrected chi connectivity index (χ2v) is 8.51. The zero-order valence-electron chi connectivity index (χ0n) is 15.9. The summed E-state index contributed by atoms with van der Waals surface area (Å²) in [5.74, 6) is 0. The average Bonchev–Trinajstić information content (AvgIpc) is 3.01. The van der Waals surface area contributed by atoms with Crippen molar-refractivity contribution < 1.29 is 0 Å². The summed E-state index contributed by atoms with van der Waals surface area (Å²) in [5.41, 5.74) is 6.86. The topological polar surface area (TPSA) is 21.1 Å². The molecule has 0 saturated carbocycles. The van der Waals surface area contributed by atoms with Crippen molar-refractivity contribution >= 4 is 22.6 Å². The number of benzene rings is 1. The molecule has 0 N–H and O–H groups in total. The molecule has 1 atom stereocenters. The van der Waals surface area contributed by atoms with Gasteiger partial charge in [-0.15, -0.1) is 0 Å². The smallest absolute Gasteiger partial charge is 0.140 e. The van der Waals surface area contributed by atoms with Crippen molar-refractivity contribution in [1.29, 1.82) is 0 Å². The first-order chi connectivity index (χ1) is 13.2. The lowest BCUT2D eigenvalue weighted by Crippen LogP contribution is -2.39. The van der Waals surface area contributed by atoms with E-state index in [-0.39, 0.29) is 0 Å². The zero-order valence-corrected chi connectivity index (χ0v) is 16.7. The number of nitrogens with zero attached hydrogens (tertiary/aromatic N) is 3. The molecule has 5 rings (SSSR count). The maximum Gasteiger partial charge on any atom is 0.140 e. The van der Waals surface area contributed by atoms with Crippen LogP contribution in [0.15, 0.2) is 36.5 Å². The summed E-state index contributed by atoms with van der Waals surface area (Å²) < 4.78 is 2.50. The van der Waals surface area contributed by atoms with E-state index in [0.29, 0.717) is 6.04 Å². The van der Waals surface area contributed by atoms with Gasteiger partial charge in [-0.3, -0.25) is 4.90 Å². The van der Waals surface area contributed by atoms with Crippen LogP contribution in [0.4, 0.5) is 0 Å². The van der Waals surface area contributed by atoms with E-state index in [4.69, 9.17) is 16.6 Å². The Kier molecular flexibility index (Phi) is 4.45. The molecule has 1 saturated heterocycles. The first-order valence-corrected chi connectivity index (χ1v) is 10.5. The Balaban J connectivity index is 1.57. The quantitative estimate of drug-likeness (QED) is 0.613. The second-order valence-electron chi connectivity index (χ2n) is 8.07. The van der Waals surface area contributed by atoms with Gasteiger partial charge in [-0.05, 0) is 67.6 Å². The number of rotatable bonds is 3. The highest BCUT2D eigenvalue weighted by Crippen LogP contribution is 2.42. The van der Waals surface area contributed by atoms with Crippen molar-refractivity contribution in [1.82, 2.24) is 14.5 Å². The van der Waals surface area contributed by atoms with Crippen LogP contribution in [0, 0.1) is 6.92 Å². The molecule has 2 aliphatic rings. The highest BCUT2D eigenvalue weighted by Gasteiger charge is 2.34. The molecule has 0 amide bonds. The first-order valence-electron chi connectivity index (χ1n) is 10.2. The Morgan fingerprint density at radius 2 is 2.00 bits per heavy atom. The minimum absolute atomic E-state index is 0.588. The molecule has 0 bridgehead atoms. The number of aryl methyl sites for hydroxylation is 3. The van der Waals surface area contributed by atoms with Crippen LogP contribution in [0.2, 0.25) is 5.02 Å². The van der Waals surface area contributed by atoms with Crippen LogP contribution in [0.3, 0.4) is 0 Å². The third-order valence-corrected chi connectivity index (χ3v) is 6.56. The zero-order chi connectivity index (χ0) is 18.4. The summed E-state index contributed by atoms with van der Waals surface area (Å²) in [6.45, 7) is 5.58. The van der Waals surface area contributed by atoms with Gasteiger partial charge in [0.25, 0.3) is 0 Å². The SMILES string of the molecule is Cc1cnc2c(c1)c1c(n2CCc2ccc(Cl)cc2)CCN2CCCCC12. The molecule has 1 aromatic carbocycles. The van der Waals surface area contributed by atoms with Crippen molar-refractivity contribution in [2.75, 3.05) is 13.1 Å². The fourth-order valence-corrected chi connectivity index (χ4v) is 5.14. The lowest BCUT2D eigenvalue weighted by molar-refractivity contribution is 0.138. The molecule has 4 heteroatoms. The van der Waals surface area contributed by atoms with Gasteiger partial charge in [0.15, 0.2) is 0 Å². The Labute approximate surface area is 166 Å². The fraction of sp³-hybridized carbons (Fsp3) is 0.435. The number of fused-ring (bicyclic) bond motifs is 5. The van der Waals surface area contributed by atoms with E-state index < -0.39 is 0 Å². The van der Waals surface area contributed by atoms with Crippen LogP contribution in [-0.2, 0) is 19.4 Å². The number of pyridine rings is 1. The molecule has 1 fully saturated rings.